The molecule has 7 aromatic carbocycles. The highest BCUT2D eigenvalue weighted by atomic mass is 32.1. The van der Waals surface area contributed by atoms with Gasteiger partial charge in [0, 0.05) is 58.4 Å². The number of hydrogen-bond acceptors (Lipinski definition) is 4. The Morgan fingerprint density at radius 3 is 2.00 bits per heavy atom. The van der Waals surface area contributed by atoms with E-state index in [4.69, 9.17) is 0 Å². The first-order chi connectivity index (χ1) is 25.2. The highest BCUT2D eigenvalue weighted by Gasteiger charge is 2.22. The number of aryl methyl sites for hydroxylation is 1. The van der Waals surface area contributed by atoms with Crippen LogP contribution in [0, 0.1) is 6.92 Å². The fraction of sp³-hybridized carbons (Fsp3) is 0.0213. The van der Waals surface area contributed by atoms with Gasteiger partial charge in [-0.05, 0) is 90.9 Å². The average molecular weight is 691 g/mol. The molecule has 2 heterocycles. The summed E-state index contributed by atoms with van der Waals surface area (Å²) in [6.45, 7) is 6.42. The van der Waals surface area contributed by atoms with E-state index in [-0.39, 0.29) is 0 Å². The molecule has 9 rings (SSSR count). The average Bonchev–Trinajstić information content (AvgIpc) is 3.75. The van der Waals surface area contributed by atoms with Gasteiger partial charge in [0.1, 0.15) is 0 Å². The molecule has 51 heavy (non-hydrogen) atoms. The summed E-state index contributed by atoms with van der Waals surface area (Å²) in [5.74, 6) is 0. The highest BCUT2D eigenvalue weighted by molar-refractivity contribution is 7.26. The van der Waals surface area contributed by atoms with E-state index in [2.05, 4.69) is 193 Å². The third kappa shape index (κ3) is 5.50. The summed E-state index contributed by atoms with van der Waals surface area (Å²) in [5.41, 5.74) is 9.11. The first-order valence-electron chi connectivity index (χ1n) is 17.1. The minimum atomic E-state index is 1.02. The van der Waals surface area contributed by atoms with Crippen molar-refractivity contribution in [1.82, 2.24) is 0 Å². The topological polar surface area (TPSA) is 6.48 Å². The normalized spacial score (nSPS) is 11.8. The van der Waals surface area contributed by atoms with E-state index in [9.17, 15) is 0 Å². The zero-order valence-corrected chi connectivity index (χ0v) is 29.8. The van der Waals surface area contributed by atoms with Crippen molar-refractivity contribution in [3.8, 4) is 0 Å². The van der Waals surface area contributed by atoms with E-state index in [0.717, 1.165) is 22.8 Å². The van der Waals surface area contributed by atoms with Crippen LogP contribution in [0.1, 0.15) is 11.1 Å². The van der Waals surface area contributed by atoms with Crippen molar-refractivity contribution in [2.45, 2.75) is 6.92 Å². The summed E-state index contributed by atoms with van der Waals surface area (Å²) in [5, 5.41) is 5.10. The molecule has 2 aromatic heterocycles. The monoisotopic (exact) mass is 690 g/mol. The summed E-state index contributed by atoms with van der Waals surface area (Å²) in [6, 6.07) is 58.9. The summed E-state index contributed by atoms with van der Waals surface area (Å²) >= 11 is 3.72. The van der Waals surface area contributed by atoms with Crippen LogP contribution in [0.15, 0.2) is 182 Å². The third-order valence-corrected chi connectivity index (χ3v) is 11.9. The van der Waals surface area contributed by atoms with E-state index in [1.807, 2.05) is 28.7 Å². The number of hydrogen-bond donors (Lipinski definition) is 0. The second-order valence-corrected chi connectivity index (χ2v) is 14.8. The van der Waals surface area contributed by atoms with Crippen LogP contribution in [0.3, 0.4) is 0 Å². The SMILES string of the molecule is C=C/C(=C\c1ccccc1C)N(c1ccccc1)c1ccc2c(c1)sc1cccc(N(c3ccccc3)c3cccc4c3sc3ccccc34)c12. The minimum absolute atomic E-state index is 1.02. The number of allylic oxidation sites excluding steroid dienone is 1. The minimum Gasteiger partial charge on any atom is -0.310 e. The molecule has 0 saturated heterocycles. The molecule has 0 spiro atoms. The lowest BCUT2D eigenvalue weighted by Gasteiger charge is -2.27. The van der Waals surface area contributed by atoms with E-state index in [0.29, 0.717) is 0 Å². The van der Waals surface area contributed by atoms with Crippen molar-refractivity contribution >= 4 is 97.5 Å². The molecule has 2 nitrogen and oxygen atoms in total. The number of para-hydroxylation sites is 2. The molecular formula is C47H34N2S2. The van der Waals surface area contributed by atoms with Gasteiger partial charge in [0.25, 0.3) is 0 Å². The van der Waals surface area contributed by atoms with Gasteiger partial charge in [-0.25, -0.2) is 0 Å². The van der Waals surface area contributed by atoms with Gasteiger partial charge in [0.05, 0.1) is 16.1 Å². The Labute approximate surface area is 306 Å². The van der Waals surface area contributed by atoms with Crippen LogP contribution in [0.25, 0.3) is 46.4 Å². The lowest BCUT2D eigenvalue weighted by molar-refractivity contribution is 1.23. The maximum absolute atomic E-state index is 4.27. The van der Waals surface area contributed by atoms with Gasteiger partial charge in [-0.15, -0.1) is 22.7 Å². The van der Waals surface area contributed by atoms with Crippen LogP contribution in [0.5, 0.6) is 0 Å². The van der Waals surface area contributed by atoms with Gasteiger partial charge in [0.15, 0.2) is 0 Å². The third-order valence-electron chi connectivity index (χ3n) is 9.57. The number of rotatable bonds is 8. The fourth-order valence-corrected chi connectivity index (χ4v) is 9.53. The largest absolute Gasteiger partial charge is 0.310 e. The van der Waals surface area contributed by atoms with Crippen molar-refractivity contribution < 1.29 is 0 Å². The van der Waals surface area contributed by atoms with Crippen LogP contribution in [-0.4, -0.2) is 0 Å². The molecule has 0 aliphatic rings. The predicted molar refractivity (Wildman–Crippen MR) is 225 cm³/mol. The van der Waals surface area contributed by atoms with Crippen molar-refractivity contribution in [2.24, 2.45) is 0 Å². The maximum Gasteiger partial charge on any atom is 0.0640 e. The van der Waals surface area contributed by atoms with E-state index in [1.54, 1.807) is 0 Å². The predicted octanol–water partition coefficient (Wildman–Crippen LogP) is 14.6. The standard InChI is InChI=1S/C47H34N2S2/c1-3-34(30-33-17-11-10-16-32(33)2)48(35-18-6-4-7-19-35)37-28-29-40-45(31-37)50-44-27-15-24-41(46(40)44)49(36-20-8-5-9-21-36)42-25-14-23-39-38-22-12-13-26-43(38)51-47(39)42/h3-31H,1H2,2H3/b34-30+. The Hall–Kier alpha value is -5.94. The molecule has 0 unspecified atom stereocenters. The molecule has 244 valence electrons. The number of thiophene rings is 2. The van der Waals surface area contributed by atoms with Crippen LogP contribution in [0.2, 0.25) is 0 Å². The van der Waals surface area contributed by atoms with Gasteiger partial charge >= 0.3 is 0 Å². The second-order valence-electron chi connectivity index (χ2n) is 12.7. The Morgan fingerprint density at radius 2 is 1.20 bits per heavy atom. The van der Waals surface area contributed by atoms with Gasteiger partial charge in [-0.1, -0.05) is 110 Å². The molecule has 9 aromatic rings. The molecule has 0 radical (unpaired) electrons. The molecule has 0 aliphatic heterocycles. The number of benzene rings is 7. The van der Waals surface area contributed by atoms with Crippen LogP contribution >= 0.6 is 22.7 Å². The molecule has 0 bridgehead atoms. The molecular weight excluding hydrogens is 657 g/mol. The number of anilines is 5. The first kappa shape index (κ1) is 31.1. The van der Waals surface area contributed by atoms with Gasteiger partial charge in [-0.2, -0.15) is 0 Å². The summed E-state index contributed by atoms with van der Waals surface area (Å²) in [7, 11) is 0. The number of nitrogens with zero attached hydrogens (tertiary/aromatic N) is 2. The molecule has 0 amide bonds. The molecule has 0 N–H and O–H groups in total. The summed E-state index contributed by atoms with van der Waals surface area (Å²) in [6.07, 6.45) is 4.19. The first-order valence-corrected chi connectivity index (χ1v) is 18.8. The Morgan fingerprint density at radius 1 is 0.529 bits per heavy atom. The Bertz CT molecular complexity index is 2740. The van der Waals surface area contributed by atoms with Crippen LogP contribution in [0.4, 0.5) is 28.4 Å². The second kappa shape index (κ2) is 13.1. The van der Waals surface area contributed by atoms with Crippen molar-refractivity contribution in [3.63, 3.8) is 0 Å². The quantitative estimate of drug-likeness (QED) is 0.146. The van der Waals surface area contributed by atoms with Gasteiger partial charge in [-0.3, -0.25) is 0 Å². The Balaban J connectivity index is 1.25. The molecule has 0 atom stereocenters. The molecule has 0 fully saturated rings. The summed E-state index contributed by atoms with van der Waals surface area (Å²) < 4.78 is 5.09. The van der Waals surface area contributed by atoms with Crippen molar-refractivity contribution in [3.05, 3.63) is 193 Å². The van der Waals surface area contributed by atoms with E-state index in [1.165, 1.54) is 62.8 Å². The van der Waals surface area contributed by atoms with Gasteiger partial charge < -0.3 is 9.80 Å². The highest BCUT2D eigenvalue weighted by Crippen LogP contribution is 2.49. The van der Waals surface area contributed by atoms with E-state index >= 15 is 0 Å². The maximum atomic E-state index is 4.27. The molecule has 0 saturated carbocycles. The number of fused-ring (bicyclic) bond motifs is 6. The van der Waals surface area contributed by atoms with Crippen molar-refractivity contribution in [2.75, 3.05) is 9.80 Å². The fourth-order valence-electron chi connectivity index (χ4n) is 7.16. The zero-order valence-electron chi connectivity index (χ0n) is 28.2. The molecule has 4 heteroatoms. The zero-order chi connectivity index (χ0) is 34.3. The molecule has 0 aliphatic carbocycles. The van der Waals surface area contributed by atoms with Crippen molar-refractivity contribution in [1.29, 1.82) is 0 Å². The van der Waals surface area contributed by atoms with E-state index < -0.39 is 0 Å². The van der Waals surface area contributed by atoms with Gasteiger partial charge in [0.2, 0.25) is 0 Å². The lowest BCUT2D eigenvalue weighted by Crippen LogP contribution is -2.15. The van der Waals surface area contributed by atoms with Crippen LogP contribution in [-0.2, 0) is 0 Å². The summed E-state index contributed by atoms with van der Waals surface area (Å²) in [4.78, 5) is 4.76. The lowest BCUT2D eigenvalue weighted by atomic mass is 10.1. The Kier molecular flexibility index (Phi) is 7.96. The van der Waals surface area contributed by atoms with Crippen LogP contribution < -0.4 is 9.80 Å². The smallest absolute Gasteiger partial charge is 0.0640 e.